The van der Waals surface area contributed by atoms with Gasteiger partial charge in [0, 0.05) is 0 Å². The molecule has 0 saturated heterocycles. The summed E-state index contributed by atoms with van der Waals surface area (Å²) < 4.78 is 11.7. The monoisotopic (exact) mass is 311 g/mol. The number of benzene rings is 1. The average molecular weight is 312 g/mol. The molecule has 0 fully saturated rings. The van der Waals surface area contributed by atoms with Crippen LogP contribution in [0.4, 0.5) is 0 Å². The Morgan fingerprint density at radius 1 is 1.44 bits per heavy atom. The summed E-state index contributed by atoms with van der Waals surface area (Å²) >= 11 is 3.40. The van der Waals surface area contributed by atoms with Gasteiger partial charge in [0.15, 0.2) is 11.5 Å². The summed E-state index contributed by atoms with van der Waals surface area (Å²) in [5, 5.41) is 19.2. The number of aliphatic hydroxyl groups is 1. The molecule has 1 aliphatic rings. The van der Waals surface area contributed by atoms with Crippen LogP contribution in [0.5, 0.6) is 11.5 Å². The second-order valence-electron chi connectivity index (χ2n) is 4.12. The lowest BCUT2D eigenvalue weighted by molar-refractivity contribution is 0.130. The molecule has 96 valence electrons. The van der Waals surface area contributed by atoms with Crippen LogP contribution in [-0.4, -0.2) is 18.3 Å². The number of nitrogens with zero attached hydrogens (tertiary/aromatic N) is 1. The molecule has 1 aromatic rings. The lowest BCUT2D eigenvalue weighted by Gasteiger charge is -2.22. The molecule has 4 nitrogen and oxygen atoms in total. The van der Waals surface area contributed by atoms with Crippen LogP contribution in [0.2, 0.25) is 0 Å². The van der Waals surface area contributed by atoms with Gasteiger partial charge in [0.2, 0.25) is 0 Å². The number of halogens is 1. The molecular weight excluding hydrogens is 298 g/mol. The van der Waals surface area contributed by atoms with Crippen molar-refractivity contribution in [1.29, 1.82) is 5.26 Å². The molecule has 1 aliphatic heterocycles. The minimum absolute atomic E-state index is 0.417. The summed E-state index contributed by atoms with van der Waals surface area (Å²) in [7, 11) is 0. The van der Waals surface area contributed by atoms with Gasteiger partial charge in [-0.2, -0.15) is 5.26 Å². The van der Waals surface area contributed by atoms with Gasteiger partial charge in [0.25, 0.3) is 0 Å². The van der Waals surface area contributed by atoms with Crippen molar-refractivity contribution in [1.82, 2.24) is 0 Å². The zero-order valence-corrected chi connectivity index (χ0v) is 11.6. The van der Waals surface area contributed by atoms with Crippen LogP contribution in [-0.2, 0) is 0 Å². The van der Waals surface area contributed by atoms with Gasteiger partial charge in [-0.05, 0) is 40.0 Å². The standard InChI is InChI=1S/C13H14BrNO3/c1-2-8(7-15)12(16)9-5-10(14)13-11(6-9)17-3-4-18-13/h5-6,8,12,16H,2-4H2,1H3. The molecule has 0 radical (unpaired) electrons. The molecule has 0 saturated carbocycles. The third kappa shape index (κ3) is 2.45. The number of rotatable bonds is 3. The summed E-state index contributed by atoms with van der Waals surface area (Å²) in [6.07, 6.45) is -0.212. The summed E-state index contributed by atoms with van der Waals surface area (Å²) in [6, 6.07) is 5.63. The highest BCUT2D eigenvalue weighted by atomic mass is 79.9. The fourth-order valence-corrected chi connectivity index (χ4v) is 2.49. The first-order valence-corrected chi connectivity index (χ1v) is 6.63. The Morgan fingerprint density at radius 2 is 2.17 bits per heavy atom. The third-order valence-corrected chi connectivity index (χ3v) is 3.54. The maximum absolute atomic E-state index is 10.2. The minimum atomic E-state index is -0.813. The molecule has 18 heavy (non-hydrogen) atoms. The van der Waals surface area contributed by atoms with E-state index in [1.54, 1.807) is 12.1 Å². The van der Waals surface area contributed by atoms with Gasteiger partial charge >= 0.3 is 0 Å². The fourth-order valence-electron chi connectivity index (χ4n) is 1.92. The van der Waals surface area contributed by atoms with Crippen LogP contribution in [0, 0.1) is 17.2 Å². The van der Waals surface area contributed by atoms with E-state index >= 15 is 0 Å². The van der Waals surface area contributed by atoms with Crippen LogP contribution in [0.1, 0.15) is 25.0 Å². The number of nitriles is 1. The van der Waals surface area contributed by atoms with Gasteiger partial charge in [0.1, 0.15) is 13.2 Å². The molecule has 1 aromatic carbocycles. The maximum atomic E-state index is 10.2. The van der Waals surface area contributed by atoms with Gasteiger partial charge in [-0.1, -0.05) is 6.92 Å². The lowest BCUT2D eigenvalue weighted by atomic mass is 9.94. The Hall–Kier alpha value is -1.25. The van der Waals surface area contributed by atoms with E-state index in [4.69, 9.17) is 14.7 Å². The van der Waals surface area contributed by atoms with E-state index in [0.29, 0.717) is 36.7 Å². The highest BCUT2D eigenvalue weighted by Gasteiger charge is 2.23. The Bertz CT molecular complexity index is 484. The predicted octanol–water partition coefficient (Wildman–Crippen LogP) is 2.80. The molecule has 0 amide bonds. The van der Waals surface area contributed by atoms with E-state index in [9.17, 15) is 5.11 Å². The molecule has 0 aromatic heterocycles. The Labute approximate surface area is 114 Å². The topological polar surface area (TPSA) is 62.5 Å². The summed E-state index contributed by atoms with van der Waals surface area (Å²) in [5.74, 6) is 0.846. The molecule has 5 heteroatoms. The van der Waals surface area contributed by atoms with Crippen molar-refractivity contribution in [3.05, 3.63) is 22.2 Å². The normalized spacial score (nSPS) is 16.8. The van der Waals surface area contributed by atoms with Crippen molar-refractivity contribution < 1.29 is 14.6 Å². The molecule has 2 rings (SSSR count). The third-order valence-electron chi connectivity index (χ3n) is 2.95. The maximum Gasteiger partial charge on any atom is 0.175 e. The molecular formula is C13H14BrNO3. The van der Waals surface area contributed by atoms with Crippen molar-refractivity contribution in [2.75, 3.05) is 13.2 Å². The van der Waals surface area contributed by atoms with E-state index in [1.165, 1.54) is 0 Å². The molecule has 0 bridgehead atoms. The molecule has 2 atom stereocenters. The van der Waals surface area contributed by atoms with Crippen molar-refractivity contribution >= 4 is 15.9 Å². The van der Waals surface area contributed by atoms with Crippen LogP contribution < -0.4 is 9.47 Å². The van der Waals surface area contributed by atoms with Gasteiger partial charge in [-0.25, -0.2) is 0 Å². The van der Waals surface area contributed by atoms with E-state index in [0.717, 1.165) is 4.47 Å². The predicted molar refractivity (Wildman–Crippen MR) is 69.5 cm³/mol. The van der Waals surface area contributed by atoms with Gasteiger partial charge < -0.3 is 14.6 Å². The fraction of sp³-hybridized carbons (Fsp3) is 0.462. The second-order valence-corrected chi connectivity index (χ2v) is 4.97. The number of hydrogen-bond donors (Lipinski definition) is 1. The van der Waals surface area contributed by atoms with Crippen molar-refractivity contribution in [2.24, 2.45) is 5.92 Å². The van der Waals surface area contributed by atoms with Crippen molar-refractivity contribution in [2.45, 2.75) is 19.4 Å². The highest BCUT2D eigenvalue weighted by Crippen LogP contribution is 2.41. The van der Waals surface area contributed by atoms with Crippen molar-refractivity contribution in [3.8, 4) is 17.6 Å². The number of hydrogen-bond acceptors (Lipinski definition) is 4. The van der Waals surface area contributed by atoms with E-state index in [2.05, 4.69) is 22.0 Å². The van der Waals surface area contributed by atoms with Gasteiger partial charge in [-0.15, -0.1) is 0 Å². The zero-order chi connectivity index (χ0) is 13.1. The van der Waals surface area contributed by atoms with E-state index in [1.807, 2.05) is 6.92 Å². The Kier molecular flexibility index (Phi) is 4.10. The summed E-state index contributed by atoms with van der Waals surface area (Å²) in [5.41, 5.74) is 0.666. The molecule has 1 heterocycles. The first kappa shape index (κ1) is 13.2. The minimum Gasteiger partial charge on any atom is -0.486 e. The largest absolute Gasteiger partial charge is 0.486 e. The average Bonchev–Trinajstić information content (AvgIpc) is 2.40. The summed E-state index contributed by atoms with van der Waals surface area (Å²) in [6.45, 7) is 2.89. The highest BCUT2D eigenvalue weighted by molar-refractivity contribution is 9.10. The van der Waals surface area contributed by atoms with Gasteiger partial charge in [-0.3, -0.25) is 0 Å². The van der Waals surface area contributed by atoms with E-state index < -0.39 is 12.0 Å². The quantitative estimate of drug-likeness (QED) is 0.932. The van der Waals surface area contributed by atoms with Crippen LogP contribution >= 0.6 is 15.9 Å². The lowest BCUT2D eigenvalue weighted by Crippen LogP contribution is -2.17. The van der Waals surface area contributed by atoms with Crippen LogP contribution in [0.15, 0.2) is 16.6 Å². The smallest absolute Gasteiger partial charge is 0.175 e. The molecule has 2 unspecified atom stereocenters. The van der Waals surface area contributed by atoms with Crippen LogP contribution in [0.3, 0.4) is 0 Å². The Balaban J connectivity index is 2.35. The molecule has 1 N–H and O–H groups in total. The number of aliphatic hydroxyl groups excluding tert-OH is 1. The number of fused-ring (bicyclic) bond motifs is 1. The first-order chi connectivity index (χ1) is 8.67. The van der Waals surface area contributed by atoms with Gasteiger partial charge in [0.05, 0.1) is 22.6 Å². The van der Waals surface area contributed by atoms with Crippen LogP contribution in [0.25, 0.3) is 0 Å². The zero-order valence-electron chi connectivity index (χ0n) is 10.0. The van der Waals surface area contributed by atoms with Crippen molar-refractivity contribution in [3.63, 3.8) is 0 Å². The second kappa shape index (κ2) is 5.59. The SMILES string of the molecule is CCC(C#N)C(O)c1cc(Br)c2c(c1)OCCO2. The van der Waals surface area contributed by atoms with E-state index in [-0.39, 0.29) is 0 Å². The molecule has 0 spiro atoms. The molecule has 0 aliphatic carbocycles. The summed E-state index contributed by atoms with van der Waals surface area (Å²) in [4.78, 5) is 0. The Morgan fingerprint density at radius 3 is 2.83 bits per heavy atom. The first-order valence-electron chi connectivity index (χ1n) is 5.84. The number of ether oxygens (including phenoxy) is 2.